The van der Waals surface area contributed by atoms with Crippen LogP contribution < -0.4 is 5.32 Å². The van der Waals surface area contributed by atoms with E-state index in [4.69, 9.17) is 21.4 Å². The molecule has 0 fully saturated rings. The highest BCUT2D eigenvalue weighted by Crippen LogP contribution is 2.12. The molecule has 6 nitrogen and oxygen atoms in total. The Balaban J connectivity index is 0.000000646. The van der Waals surface area contributed by atoms with Crippen molar-refractivity contribution in [2.75, 3.05) is 12.4 Å². The number of aromatic nitrogens is 2. The van der Waals surface area contributed by atoms with E-state index < -0.39 is 6.09 Å². The van der Waals surface area contributed by atoms with E-state index in [0.29, 0.717) is 0 Å². The van der Waals surface area contributed by atoms with Gasteiger partial charge in [-0.05, 0) is 44.0 Å². The maximum absolute atomic E-state index is 11.8. The first-order valence-corrected chi connectivity index (χ1v) is 10.5. The molecule has 172 valence electrons. The molecule has 1 amide bonds. The van der Waals surface area contributed by atoms with Crippen molar-refractivity contribution in [3.8, 4) is 0 Å². The Morgan fingerprint density at radius 3 is 2.19 bits per heavy atom. The summed E-state index contributed by atoms with van der Waals surface area (Å²) in [6.07, 6.45) is 5.98. The Bertz CT molecular complexity index is 961. The summed E-state index contributed by atoms with van der Waals surface area (Å²) in [5.41, 5.74) is 5.02. The van der Waals surface area contributed by atoms with Crippen molar-refractivity contribution in [3.63, 3.8) is 0 Å². The topological polar surface area (TPSA) is 76.4 Å². The first-order valence-electron chi connectivity index (χ1n) is 10.1. The number of hydrogen-bond acceptors (Lipinski definition) is 4. The van der Waals surface area contributed by atoms with Crippen LogP contribution >= 0.6 is 11.6 Å². The lowest BCUT2D eigenvalue weighted by atomic mass is 10.1. The van der Waals surface area contributed by atoms with E-state index in [2.05, 4.69) is 10.3 Å². The lowest BCUT2D eigenvalue weighted by Gasteiger charge is -2.08. The van der Waals surface area contributed by atoms with Crippen LogP contribution in [0.5, 0.6) is 0 Å². The van der Waals surface area contributed by atoms with Crippen molar-refractivity contribution < 1.29 is 14.6 Å². The molecule has 0 spiro atoms. The number of ether oxygens (including phenoxy) is 1. The minimum atomic E-state index is -0.457. The van der Waals surface area contributed by atoms with Gasteiger partial charge in [-0.15, -0.1) is 0 Å². The molecule has 32 heavy (non-hydrogen) atoms. The van der Waals surface area contributed by atoms with Gasteiger partial charge in [-0.25, -0.2) is 9.78 Å². The SMILES string of the molecule is C/C=C(\C)Cl.CO.Cc1ccc(NC(=O)OCc2ccc(Cc3cn(C)cn3)cc2)cc1. The monoisotopic (exact) mass is 457 g/mol. The molecule has 0 bridgehead atoms. The molecule has 3 aromatic rings. The summed E-state index contributed by atoms with van der Waals surface area (Å²) >= 11 is 5.32. The molecule has 1 heterocycles. The minimum Gasteiger partial charge on any atom is -0.444 e. The average Bonchev–Trinajstić information content (AvgIpc) is 3.21. The third-order valence-electron chi connectivity index (χ3n) is 4.23. The third kappa shape index (κ3) is 10.8. The number of nitrogens with zero attached hydrogens (tertiary/aromatic N) is 2. The van der Waals surface area contributed by atoms with E-state index in [0.717, 1.165) is 41.1 Å². The van der Waals surface area contributed by atoms with E-state index >= 15 is 0 Å². The number of imidazole rings is 1. The number of nitrogens with one attached hydrogen (secondary N) is 1. The summed E-state index contributed by atoms with van der Waals surface area (Å²) in [6, 6.07) is 15.6. The van der Waals surface area contributed by atoms with E-state index in [1.165, 1.54) is 5.56 Å². The number of anilines is 1. The number of aryl methyl sites for hydroxylation is 2. The molecule has 0 saturated carbocycles. The van der Waals surface area contributed by atoms with Gasteiger partial charge in [-0.3, -0.25) is 5.32 Å². The van der Waals surface area contributed by atoms with Gasteiger partial charge in [0, 0.05) is 37.5 Å². The van der Waals surface area contributed by atoms with Gasteiger partial charge in [0.1, 0.15) is 6.61 Å². The fraction of sp³-hybridized carbons (Fsp3) is 0.280. The number of halogens is 1. The quantitative estimate of drug-likeness (QED) is 0.505. The van der Waals surface area contributed by atoms with Crippen molar-refractivity contribution >= 4 is 23.4 Å². The number of allylic oxidation sites excluding steroid dienone is 2. The van der Waals surface area contributed by atoms with Gasteiger partial charge < -0.3 is 14.4 Å². The number of carbonyl (C=O) groups excluding carboxylic acids is 1. The Hall–Kier alpha value is -3.09. The Kier molecular flexibility index (Phi) is 12.5. The Labute approximate surface area is 195 Å². The fourth-order valence-electron chi connectivity index (χ4n) is 2.46. The Morgan fingerprint density at radius 1 is 1.12 bits per heavy atom. The molecule has 0 atom stereocenters. The zero-order chi connectivity index (χ0) is 23.9. The van der Waals surface area contributed by atoms with Gasteiger partial charge in [-0.2, -0.15) is 0 Å². The van der Waals surface area contributed by atoms with Gasteiger partial charge in [-0.1, -0.05) is 59.6 Å². The first kappa shape index (κ1) is 26.9. The van der Waals surface area contributed by atoms with Crippen LogP contribution in [0.15, 0.2) is 72.2 Å². The van der Waals surface area contributed by atoms with Gasteiger partial charge in [0.2, 0.25) is 0 Å². The molecular formula is C25H32ClN3O3. The highest BCUT2D eigenvalue weighted by atomic mass is 35.5. The molecule has 0 radical (unpaired) electrons. The second-order valence-corrected chi connectivity index (χ2v) is 7.56. The number of carbonyl (C=O) groups is 1. The molecule has 2 aromatic carbocycles. The molecule has 2 N–H and O–H groups in total. The molecule has 1 aromatic heterocycles. The molecule has 0 aliphatic rings. The van der Waals surface area contributed by atoms with Crippen LogP contribution in [0.3, 0.4) is 0 Å². The predicted molar refractivity (Wildman–Crippen MR) is 131 cm³/mol. The molecule has 0 aliphatic carbocycles. The van der Waals surface area contributed by atoms with Gasteiger partial charge in [0.05, 0.1) is 12.0 Å². The number of rotatable bonds is 5. The average molecular weight is 458 g/mol. The lowest BCUT2D eigenvalue weighted by molar-refractivity contribution is 0.155. The van der Waals surface area contributed by atoms with E-state index in [-0.39, 0.29) is 6.61 Å². The standard InChI is InChI=1S/C20H21N3O2.C4H7Cl.CH4O/c1-15-3-9-18(10-4-15)22-20(24)25-13-17-7-5-16(6-8-17)11-19-12-23(2)14-21-19;1-3-4(2)5;1-2/h3-10,12,14H,11,13H2,1-2H3,(H,22,24);3H,1-2H3;2H,1H3/b;4-3+;. The number of amides is 1. The van der Waals surface area contributed by atoms with E-state index in [1.807, 2.05) is 93.2 Å². The number of benzene rings is 2. The molecule has 7 heteroatoms. The van der Waals surface area contributed by atoms with Crippen LogP contribution in [0.1, 0.15) is 36.2 Å². The van der Waals surface area contributed by atoms with E-state index in [9.17, 15) is 4.79 Å². The van der Waals surface area contributed by atoms with Crippen LogP contribution in [0.2, 0.25) is 0 Å². The van der Waals surface area contributed by atoms with Crippen molar-refractivity contribution in [1.29, 1.82) is 0 Å². The molecule has 0 unspecified atom stereocenters. The first-order chi connectivity index (χ1) is 15.4. The van der Waals surface area contributed by atoms with E-state index in [1.54, 1.807) is 6.33 Å². The van der Waals surface area contributed by atoms with Crippen molar-refractivity contribution in [2.45, 2.75) is 33.8 Å². The summed E-state index contributed by atoms with van der Waals surface area (Å²) < 4.78 is 7.19. The second kappa shape index (κ2) is 14.8. The van der Waals surface area contributed by atoms with Crippen LogP contribution in [0.25, 0.3) is 0 Å². The highest BCUT2D eigenvalue weighted by Gasteiger charge is 2.05. The summed E-state index contributed by atoms with van der Waals surface area (Å²) in [5.74, 6) is 0. The smallest absolute Gasteiger partial charge is 0.411 e. The normalized spacial score (nSPS) is 10.3. The third-order valence-corrected chi connectivity index (χ3v) is 4.45. The minimum absolute atomic E-state index is 0.238. The van der Waals surface area contributed by atoms with Crippen molar-refractivity contribution in [3.05, 3.63) is 94.5 Å². The summed E-state index contributed by atoms with van der Waals surface area (Å²) in [5, 5.41) is 10.6. The largest absolute Gasteiger partial charge is 0.444 e. The molecular weight excluding hydrogens is 426 g/mol. The summed E-state index contributed by atoms with van der Waals surface area (Å²) in [4.78, 5) is 16.2. The Morgan fingerprint density at radius 2 is 1.69 bits per heavy atom. The van der Waals surface area contributed by atoms with Crippen LogP contribution in [0, 0.1) is 6.92 Å². The van der Waals surface area contributed by atoms with Crippen LogP contribution in [-0.2, 0) is 24.8 Å². The van der Waals surface area contributed by atoms with Gasteiger partial charge in [0.25, 0.3) is 0 Å². The second-order valence-electron chi connectivity index (χ2n) is 6.97. The lowest BCUT2D eigenvalue weighted by Crippen LogP contribution is -2.13. The summed E-state index contributed by atoms with van der Waals surface area (Å²) in [7, 11) is 2.96. The molecule has 0 saturated heterocycles. The number of hydrogen-bond donors (Lipinski definition) is 2. The maximum Gasteiger partial charge on any atom is 0.411 e. The van der Waals surface area contributed by atoms with Crippen molar-refractivity contribution in [1.82, 2.24) is 9.55 Å². The number of aliphatic hydroxyl groups excluding tert-OH is 1. The fourth-order valence-corrected chi connectivity index (χ4v) is 2.46. The molecule has 3 rings (SSSR count). The zero-order valence-electron chi connectivity index (χ0n) is 19.3. The maximum atomic E-state index is 11.8. The van der Waals surface area contributed by atoms with Crippen LogP contribution in [-0.4, -0.2) is 27.9 Å². The summed E-state index contributed by atoms with van der Waals surface area (Å²) in [6.45, 7) is 5.99. The van der Waals surface area contributed by atoms with Gasteiger partial charge >= 0.3 is 6.09 Å². The highest BCUT2D eigenvalue weighted by molar-refractivity contribution is 6.29. The number of aliphatic hydroxyl groups is 1. The van der Waals surface area contributed by atoms with Crippen LogP contribution in [0.4, 0.5) is 10.5 Å². The van der Waals surface area contributed by atoms with Gasteiger partial charge in [0.15, 0.2) is 0 Å². The predicted octanol–water partition coefficient (Wildman–Crippen LogP) is 5.83. The molecule has 0 aliphatic heterocycles. The van der Waals surface area contributed by atoms with Crippen molar-refractivity contribution in [2.24, 2.45) is 7.05 Å². The zero-order valence-corrected chi connectivity index (χ0v) is 20.1.